The van der Waals surface area contributed by atoms with Gasteiger partial charge in [-0.3, -0.25) is 9.78 Å². The highest BCUT2D eigenvalue weighted by atomic mass is 35.5. The molecule has 1 aromatic carbocycles. The van der Waals surface area contributed by atoms with E-state index in [0.717, 1.165) is 17.0 Å². The van der Waals surface area contributed by atoms with Crippen LogP contribution in [0.5, 0.6) is 0 Å². The number of carbonyl (C=O) groups excluding carboxylic acids is 1. The number of aliphatic hydroxyl groups excluding tert-OH is 1. The lowest BCUT2D eigenvalue weighted by molar-refractivity contribution is -0.117. The number of benzene rings is 1. The summed E-state index contributed by atoms with van der Waals surface area (Å²) in [4.78, 5) is 21.7. The Morgan fingerprint density at radius 1 is 1.24 bits per heavy atom. The average Bonchev–Trinajstić information content (AvgIpc) is 2.82. The van der Waals surface area contributed by atoms with E-state index in [1.54, 1.807) is 20.2 Å². The van der Waals surface area contributed by atoms with Crippen LogP contribution in [0.15, 0.2) is 71.1 Å². The van der Waals surface area contributed by atoms with Crippen LogP contribution in [-0.2, 0) is 11.2 Å². The quantitative estimate of drug-likeness (QED) is 0.259. The predicted octanol–water partition coefficient (Wildman–Crippen LogP) is 4.40. The highest BCUT2D eigenvalue weighted by Crippen LogP contribution is 2.21. The summed E-state index contributed by atoms with van der Waals surface area (Å²) >= 11 is 5.93. The van der Waals surface area contributed by atoms with Crippen molar-refractivity contribution < 1.29 is 9.90 Å². The molecule has 0 atom stereocenters. The number of halogens is 1. The largest absolute Gasteiger partial charge is 0.396 e. The standard InChI is InChI=1S/C26H33ClN4O2/c1-18(2)22-10-5-6-11-23(22)24(12-7-9-21-14-13-20(27)17-30-21)31-25(28-4)19(3)26(33)29-15-8-16-32/h5-7,10-14,17-18,28,32H,8-9,15-16H2,1-4H3,(H,29,33)/b12-7-,25-19+,31-24+. The van der Waals surface area contributed by atoms with Gasteiger partial charge in [0.1, 0.15) is 5.82 Å². The maximum absolute atomic E-state index is 12.5. The average molecular weight is 469 g/mol. The molecule has 33 heavy (non-hydrogen) atoms. The second-order valence-electron chi connectivity index (χ2n) is 7.87. The van der Waals surface area contributed by atoms with Gasteiger partial charge in [0.15, 0.2) is 0 Å². The predicted molar refractivity (Wildman–Crippen MR) is 136 cm³/mol. The van der Waals surface area contributed by atoms with E-state index in [9.17, 15) is 4.79 Å². The van der Waals surface area contributed by atoms with Gasteiger partial charge in [-0.25, -0.2) is 4.99 Å². The molecule has 0 spiro atoms. The highest BCUT2D eigenvalue weighted by molar-refractivity contribution is 6.30. The zero-order valence-corrected chi connectivity index (χ0v) is 20.5. The molecule has 0 bridgehead atoms. The fourth-order valence-electron chi connectivity index (χ4n) is 3.21. The van der Waals surface area contributed by atoms with E-state index in [2.05, 4.69) is 35.5 Å². The molecule has 0 radical (unpaired) electrons. The van der Waals surface area contributed by atoms with Crippen LogP contribution in [0.25, 0.3) is 0 Å². The van der Waals surface area contributed by atoms with Crippen LogP contribution < -0.4 is 10.6 Å². The number of aliphatic imine (C=N–C) groups is 1. The zero-order valence-electron chi connectivity index (χ0n) is 19.7. The SMILES string of the molecule is CNC(/N=C(\C=C/Cc1ccc(Cl)cn1)c1ccccc1C(C)C)=C(/C)C(=O)NCCCO. The Morgan fingerprint density at radius 2 is 2.00 bits per heavy atom. The fourth-order valence-corrected chi connectivity index (χ4v) is 3.32. The van der Waals surface area contributed by atoms with Crippen LogP contribution in [0.2, 0.25) is 5.02 Å². The van der Waals surface area contributed by atoms with Gasteiger partial charge >= 0.3 is 0 Å². The number of aromatic nitrogens is 1. The molecule has 6 nitrogen and oxygen atoms in total. The number of amides is 1. The van der Waals surface area contributed by atoms with Crippen molar-refractivity contribution in [2.24, 2.45) is 4.99 Å². The van der Waals surface area contributed by atoms with Gasteiger partial charge in [-0.05, 0) is 43.0 Å². The molecule has 3 N–H and O–H groups in total. The molecule has 0 aliphatic heterocycles. The van der Waals surface area contributed by atoms with Crippen molar-refractivity contribution in [1.82, 2.24) is 15.6 Å². The molecule has 176 valence electrons. The molecule has 2 rings (SSSR count). The first-order valence-electron chi connectivity index (χ1n) is 11.1. The van der Waals surface area contributed by atoms with Gasteiger partial charge in [0, 0.05) is 44.1 Å². The van der Waals surface area contributed by atoms with E-state index >= 15 is 0 Å². The van der Waals surface area contributed by atoms with Crippen molar-refractivity contribution >= 4 is 23.2 Å². The van der Waals surface area contributed by atoms with Crippen molar-refractivity contribution in [3.8, 4) is 0 Å². The number of nitrogens with one attached hydrogen (secondary N) is 2. The summed E-state index contributed by atoms with van der Waals surface area (Å²) in [7, 11) is 1.75. The van der Waals surface area contributed by atoms with Gasteiger partial charge in [0.2, 0.25) is 0 Å². The van der Waals surface area contributed by atoms with Gasteiger partial charge in [0.05, 0.1) is 16.3 Å². The molecule has 0 saturated carbocycles. The minimum absolute atomic E-state index is 0.0312. The van der Waals surface area contributed by atoms with Crippen LogP contribution in [0.4, 0.5) is 0 Å². The molecule has 7 heteroatoms. The number of pyridine rings is 1. The molecule has 0 aliphatic rings. The third-order valence-corrected chi connectivity index (χ3v) is 5.26. The van der Waals surface area contributed by atoms with Crippen molar-refractivity contribution in [3.63, 3.8) is 0 Å². The summed E-state index contributed by atoms with van der Waals surface area (Å²) in [5.74, 6) is 0.573. The van der Waals surface area contributed by atoms with E-state index in [0.29, 0.717) is 41.7 Å². The Bertz CT molecular complexity index is 1010. The summed E-state index contributed by atoms with van der Waals surface area (Å²) < 4.78 is 0. The number of hydrogen-bond acceptors (Lipinski definition) is 5. The minimum Gasteiger partial charge on any atom is -0.396 e. The molecule has 2 aromatic rings. The van der Waals surface area contributed by atoms with Crippen LogP contribution in [0.1, 0.15) is 49.9 Å². The minimum atomic E-state index is -0.220. The first-order valence-corrected chi connectivity index (χ1v) is 11.5. The van der Waals surface area contributed by atoms with Crippen molar-refractivity contribution in [1.29, 1.82) is 0 Å². The summed E-state index contributed by atoms with van der Waals surface area (Å²) in [6, 6.07) is 11.9. The van der Waals surface area contributed by atoms with Gasteiger partial charge in [0.25, 0.3) is 5.91 Å². The molecular formula is C26H33ClN4O2. The van der Waals surface area contributed by atoms with Gasteiger partial charge in [-0.2, -0.15) is 0 Å². The third kappa shape index (κ3) is 8.15. The number of rotatable bonds is 11. The second kappa shape index (κ2) is 13.6. The summed E-state index contributed by atoms with van der Waals surface area (Å²) in [6.45, 7) is 6.46. The van der Waals surface area contributed by atoms with Crippen molar-refractivity contribution in [2.75, 3.05) is 20.2 Å². The molecule has 1 heterocycles. The number of hydrogen-bond donors (Lipinski definition) is 3. The Kier molecular flexibility index (Phi) is 10.8. The Hall–Kier alpha value is -2.96. The van der Waals surface area contributed by atoms with E-state index < -0.39 is 0 Å². The van der Waals surface area contributed by atoms with E-state index in [1.165, 1.54) is 5.56 Å². The molecule has 1 amide bonds. The Morgan fingerprint density at radius 3 is 2.64 bits per heavy atom. The third-order valence-electron chi connectivity index (χ3n) is 5.04. The van der Waals surface area contributed by atoms with Crippen LogP contribution in [0, 0.1) is 0 Å². The fraction of sp³-hybridized carbons (Fsp3) is 0.346. The summed E-state index contributed by atoms with van der Waals surface area (Å²) in [5.41, 5.74) is 4.30. The van der Waals surface area contributed by atoms with Crippen LogP contribution >= 0.6 is 11.6 Å². The molecule has 1 aromatic heterocycles. The number of carbonyl (C=O) groups is 1. The number of nitrogens with zero attached hydrogens (tertiary/aromatic N) is 2. The second-order valence-corrected chi connectivity index (χ2v) is 8.31. The molecule has 0 fully saturated rings. The van der Waals surface area contributed by atoms with E-state index in [1.807, 2.05) is 42.5 Å². The lowest BCUT2D eigenvalue weighted by Gasteiger charge is -2.15. The molecular weight excluding hydrogens is 436 g/mol. The lowest BCUT2D eigenvalue weighted by atomic mass is 9.94. The van der Waals surface area contributed by atoms with Crippen molar-refractivity contribution in [2.45, 2.75) is 39.5 Å². The number of aliphatic hydroxyl groups is 1. The van der Waals surface area contributed by atoms with Gasteiger partial charge < -0.3 is 15.7 Å². The topological polar surface area (TPSA) is 86.6 Å². The first-order chi connectivity index (χ1) is 15.9. The Balaban J connectivity index is 2.45. The van der Waals surface area contributed by atoms with Crippen molar-refractivity contribution in [3.05, 3.63) is 88.0 Å². The monoisotopic (exact) mass is 468 g/mol. The first kappa shape index (κ1) is 26.3. The van der Waals surface area contributed by atoms with Gasteiger partial charge in [-0.15, -0.1) is 0 Å². The van der Waals surface area contributed by atoms with Crippen LogP contribution in [0.3, 0.4) is 0 Å². The maximum Gasteiger partial charge on any atom is 0.250 e. The van der Waals surface area contributed by atoms with Crippen LogP contribution in [-0.4, -0.2) is 41.9 Å². The number of allylic oxidation sites excluding steroid dienone is 2. The lowest BCUT2D eigenvalue weighted by Crippen LogP contribution is -2.28. The molecule has 0 saturated heterocycles. The zero-order chi connectivity index (χ0) is 24.2. The highest BCUT2D eigenvalue weighted by Gasteiger charge is 2.13. The summed E-state index contributed by atoms with van der Waals surface area (Å²) in [5, 5.41) is 15.4. The molecule has 0 unspecified atom stereocenters. The maximum atomic E-state index is 12.5. The van der Waals surface area contributed by atoms with Gasteiger partial charge in [-0.1, -0.05) is 55.8 Å². The summed E-state index contributed by atoms with van der Waals surface area (Å²) in [6.07, 6.45) is 6.74. The smallest absolute Gasteiger partial charge is 0.250 e. The normalized spacial score (nSPS) is 12.8. The van der Waals surface area contributed by atoms with E-state index in [-0.39, 0.29) is 12.5 Å². The molecule has 0 aliphatic carbocycles. The van der Waals surface area contributed by atoms with E-state index in [4.69, 9.17) is 21.7 Å². The Labute approximate surface area is 201 Å².